The number of H-pyrrole nitrogens is 2. The molecule has 1 saturated heterocycles. The van der Waals surface area contributed by atoms with E-state index in [2.05, 4.69) is 31.2 Å². The molecule has 0 unspecified atom stereocenters. The van der Waals surface area contributed by atoms with Crippen molar-refractivity contribution in [2.24, 2.45) is 0 Å². The fraction of sp³-hybridized carbons (Fsp3) is 0.364. The number of ether oxygens (including phenoxy) is 2. The topological polar surface area (TPSA) is 103 Å². The lowest BCUT2D eigenvalue weighted by atomic mass is 10.1. The minimum atomic E-state index is -0.259. The molecule has 9 nitrogen and oxygen atoms in total. The SMILES string of the molecule is C[C@@H](C(=O)Nc1ccc2[nH]c(=O)[nH]c2c1)N1CCN(Cc2ccc3c(c2)OCO3)CC1. The predicted octanol–water partition coefficient (Wildman–Crippen LogP) is 1.73. The van der Waals surface area contributed by atoms with Gasteiger partial charge in [0, 0.05) is 38.4 Å². The van der Waals surface area contributed by atoms with Crippen molar-refractivity contribution < 1.29 is 14.3 Å². The molecule has 1 fully saturated rings. The average molecular weight is 423 g/mol. The summed E-state index contributed by atoms with van der Waals surface area (Å²) in [5.74, 6) is 1.56. The minimum Gasteiger partial charge on any atom is -0.454 e. The van der Waals surface area contributed by atoms with Crippen LogP contribution in [0.1, 0.15) is 12.5 Å². The zero-order valence-corrected chi connectivity index (χ0v) is 17.3. The van der Waals surface area contributed by atoms with Gasteiger partial charge in [0.25, 0.3) is 0 Å². The van der Waals surface area contributed by atoms with Crippen molar-refractivity contribution in [3.05, 3.63) is 52.4 Å². The molecule has 9 heteroatoms. The van der Waals surface area contributed by atoms with Crippen LogP contribution in [0.15, 0.2) is 41.2 Å². The summed E-state index contributed by atoms with van der Waals surface area (Å²) in [6.07, 6.45) is 0. The zero-order valence-electron chi connectivity index (χ0n) is 17.3. The van der Waals surface area contributed by atoms with Crippen LogP contribution in [0.25, 0.3) is 11.0 Å². The maximum absolute atomic E-state index is 12.8. The Hall–Kier alpha value is -3.30. The zero-order chi connectivity index (χ0) is 21.4. The second-order valence-corrected chi connectivity index (χ2v) is 8.00. The first-order valence-electron chi connectivity index (χ1n) is 10.4. The van der Waals surface area contributed by atoms with Crippen LogP contribution < -0.4 is 20.5 Å². The third-order valence-corrected chi connectivity index (χ3v) is 5.96. The summed E-state index contributed by atoms with van der Waals surface area (Å²) in [4.78, 5) is 34.2. The van der Waals surface area contributed by atoms with Crippen LogP contribution in [0, 0.1) is 0 Å². The summed E-state index contributed by atoms with van der Waals surface area (Å²) in [7, 11) is 0. The molecule has 0 saturated carbocycles. The van der Waals surface area contributed by atoms with E-state index < -0.39 is 0 Å². The van der Waals surface area contributed by atoms with Gasteiger partial charge in [-0.3, -0.25) is 14.6 Å². The van der Waals surface area contributed by atoms with Crippen LogP contribution in [-0.4, -0.2) is 64.7 Å². The van der Waals surface area contributed by atoms with Crippen molar-refractivity contribution in [1.29, 1.82) is 0 Å². The molecule has 1 atom stereocenters. The van der Waals surface area contributed by atoms with Gasteiger partial charge in [0.1, 0.15) is 0 Å². The minimum absolute atomic E-state index is 0.0542. The van der Waals surface area contributed by atoms with Crippen molar-refractivity contribution in [2.45, 2.75) is 19.5 Å². The van der Waals surface area contributed by atoms with E-state index in [4.69, 9.17) is 9.47 Å². The number of carbonyl (C=O) groups is 1. The van der Waals surface area contributed by atoms with Crippen LogP contribution in [-0.2, 0) is 11.3 Å². The Morgan fingerprint density at radius 3 is 2.65 bits per heavy atom. The lowest BCUT2D eigenvalue weighted by Crippen LogP contribution is -2.52. The van der Waals surface area contributed by atoms with Crippen molar-refractivity contribution in [1.82, 2.24) is 19.8 Å². The molecule has 3 aromatic rings. The Morgan fingerprint density at radius 1 is 1.03 bits per heavy atom. The molecule has 3 heterocycles. The molecule has 162 valence electrons. The molecule has 2 aliphatic rings. The molecule has 0 radical (unpaired) electrons. The molecule has 31 heavy (non-hydrogen) atoms. The molecule has 2 aliphatic heterocycles. The highest BCUT2D eigenvalue weighted by Crippen LogP contribution is 2.32. The van der Waals surface area contributed by atoms with Gasteiger partial charge in [-0.15, -0.1) is 0 Å². The standard InChI is InChI=1S/C22H25N5O4/c1-14(21(28)23-16-3-4-17-18(11-16)25-22(29)24-17)27-8-6-26(7-9-27)12-15-2-5-19-20(10-15)31-13-30-19/h2-5,10-11,14H,6-9,12-13H2,1H3,(H,23,28)(H2,24,25,29)/t14-/m0/s1. The molecule has 1 aromatic heterocycles. The number of anilines is 1. The summed E-state index contributed by atoms with van der Waals surface area (Å²) in [5, 5.41) is 2.96. The highest BCUT2D eigenvalue weighted by Gasteiger charge is 2.26. The van der Waals surface area contributed by atoms with E-state index in [1.165, 1.54) is 5.56 Å². The Kier molecular flexibility index (Phi) is 5.13. The number of benzene rings is 2. The van der Waals surface area contributed by atoms with E-state index in [1.54, 1.807) is 18.2 Å². The van der Waals surface area contributed by atoms with E-state index in [0.29, 0.717) is 11.2 Å². The van der Waals surface area contributed by atoms with Crippen molar-refractivity contribution in [3.63, 3.8) is 0 Å². The van der Waals surface area contributed by atoms with Crippen LogP contribution in [0.2, 0.25) is 0 Å². The Balaban J connectivity index is 1.15. The number of aromatic amines is 2. The summed E-state index contributed by atoms with van der Waals surface area (Å²) in [5.41, 5.74) is 3.00. The normalized spacial score (nSPS) is 17.7. The molecule has 2 aromatic carbocycles. The van der Waals surface area contributed by atoms with Crippen molar-refractivity contribution in [3.8, 4) is 11.5 Å². The molecular weight excluding hydrogens is 398 g/mol. The van der Waals surface area contributed by atoms with E-state index >= 15 is 0 Å². The molecular formula is C22H25N5O4. The molecule has 3 N–H and O–H groups in total. The van der Waals surface area contributed by atoms with E-state index in [-0.39, 0.29) is 24.4 Å². The van der Waals surface area contributed by atoms with E-state index in [1.807, 2.05) is 19.1 Å². The van der Waals surface area contributed by atoms with E-state index in [9.17, 15) is 9.59 Å². The van der Waals surface area contributed by atoms with Gasteiger partial charge in [0.15, 0.2) is 11.5 Å². The van der Waals surface area contributed by atoms with Gasteiger partial charge in [-0.1, -0.05) is 6.07 Å². The van der Waals surface area contributed by atoms with Gasteiger partial charge in [0.2, 0.25) is 12.7 Å². The number of carbonyl (C=O) groups excluding carboxylic acids is 1. The van der Waals surface area contributed by atoms with Crippen LogP contribution in [0.5, 0.6) is 11.5 Å². The number of fused-ring (bicyclic) bond motifs is 2. The van der Waals surface area contributed by atoms with Crippen molar-refractivity contribution >= 4 is 22.6 Å². The highest BCUT2D eigenvalue weighted by atomic mass is 16.7. The smallest absolute Gasteiger partial charge is 0.323 e. The summed E-state index contributed by atoms with van der Waals surface area (Å²) >= 11 is 0. The van der Waals surface area contributed by atoms with Crippen molar-refractivity contribution in [2.75, 3.05) is 38.3 Å². The third kappa shape index (κ3) is 4.14. The third-order valence-electron chi connectivity index (χ3n) is 5.96. The fourth-order valence-corrected chi connectivity index (χ4v) is 4.13. The highest BCUT2D eigenvalue weighted by molar-refractivity contribution is 5.96. The summed E-state index contributed by atoms with van der Waals surface area (Å²) in [6, 6.07) is 11.2. The quantitative estimate of drug-likeness (QED) is 0.578. The van der Waals surface area contributed by atoms with Crippen LogP contribution in [0.4, 0.5) is 5.69 Å². The van der Waals surface area contributed by atoms with Gasteiger partial charge in [0.05, 0.1) is 17.1 Å². The van der Waals surface area contributed by atoms with Gasteiger partial charge >= 0.3 is 5.69 Å². The number of amides is 1. The molecule has 0 spiro atoms. The first kappa shape index (κ1) is 19.7. The predicted molar refractivity (Wildman–Crippen MR) is 116 cm³/mol. The Bertz CT molecular complexity index is 1160. The molecule has 0 aliphatic carbocycles. The van der Waals surface area contributed by atoms with Crippen LogP contribution >= 0.6 is 0 Å². The van der Waals surface area contributed by atoms with Gasteiger partial charge in [-0.05, 0) is 42.8 Å². The molecule has 5 rings (SSSR count). The van der Waals surface area contributed by atoms with Gasteiger partial charge in [-0.25, -0.2) is 4.79 Å². The number of aromatic nitrogens is 2. The largest absolute Gasteiger partial charge is 0.454 e. The summed E-state index contributed by atoms with van der Waals surface area (Å²) in [6.45, 7) is 6.49. The molecule has 0 bridgehead atoms. The second-order valence-electron chi connectivity index (χ2n) is 8.00. The number of nitrogens with one attached hydrogen (secondary N) is 3. The lowest BCUT2D eigenvalue weighted by Gasteiger charge is -2.37. The first-order valence-corrected chi connectivity index (χ1v) is 10.4. The van der Waals surface area contributed by atoms with Crippen LogP contribution in [0.3, 0.4) is 0 Å². The van der Waals surface area contributed by atoms with Gasteiger partial charge in [-0.2, -0.15) is 0 Å². The summed E-state index contributed by atoms with van der Waals surface area (Å²) < 4.78 is 10.8. The number of hydrogen-bond acceptors (Lipinski definition) is 6. The monoisotopic (exact) mass is 423 g/mol. The number of rotatable bonds is 5. The number of imidazole rings is 1. The Morgan fingerprint density at radius 2 is 1.81 bits per heavy atom. The fourth-order valence-electron chi connectivity index (χ4n) is 4.13. The first-order chi connectivity index (χ1) is 15.0. The number of hydrogen-bond donors (Lipinski definition) is 3. The Labute approximate surface area is 178 Å². The maximum Gasteiger partial charge on any atom is 0.323 e. The second kappa shape index (κ2) is 8.09. The number of piperazine rings is 1. The average Bonchev–Trinajstić information content (AvgIpc) is 3.38. The number of nitrogens with zero attached hydrogens (tertiary/aromatic N) is 2. The van der Waals surface area contributed by atoms with E-state index in [0.717, 1.165) is 49.7 Å². The molecule has 1 amide bonds. The lowest BCUT2D eigenvalue weighted by molar-refractivity contribution is -0.121. The maximum atomic E-state index is 12.8. The van der Waals surface area contributed by atoms with Gasteiger partial charge < -0.3 is 24.8 Å².